The zero-order chi connectivity index (χ0) is 13.5. The van der Waals surface area contributed by atoms with Crippen molar-refractivity contribution in [3.05, 3.63) is 61.6 Å². The van der Waals surface area contributed by atoms with E-state index in [2.05, 4.69) is 63.6 Å². The summed E-state index contributed by atoms with van der Waals surface area (Å²) in [6.07, 6.45) is 5.36. The first-order chi connectivity index (χ1) is 9.88. The van der Waals surface area contributed by atoms with Crippen molar-refractivity contribution in [3.63, 3.8) is 0 Å². The Morgan fingerprint density at radius 1 is 1.10 bits per heavy atom. The van der Waals surface area contributed by atoms with Crippen LogP contribution in [0, 0.1) is 0 Å². The van der Waals surface area contributed by atoms with Gasteiger partial charge in [-0.3, -0.25) is 0 Å². The van der Waals surface area contributed by atoms with Gasteiger partial charge in [0.1, 0.15) is 0 Å². The maximum atomic E-state index is 4.10. The number of imidazole rings is 1. The predicted molar refractivity (Wildman–Crippen MR) is 83.4 cm³/mol. The lowest BCUT2D eigenvalue weighted by atomic mass is 10.1. The van der Waals surface area contributed by atoms with E-state index in [0.717, 1.165) is 16.9 Å². The number of nitrogens with one attached hydrogen (secondary N) is 1. The molecule has 0 aliphatic heterocycles. The van der Waals surface area contributed by atoms with Gasteiger partial charge in [-0.05, 0) is 22.9 Å². The number of benzene rings is 2. The zero-order valence-corrected chi connectivity index (χ0v) is 10.9. The number of aromatic amines is 1. The van der Waals surface area contributed by atoms with Gasteiger partial charge in [-0.25, -0.2) is 4.98 Å². The minimum Gasteiger partial charge on any atom is -0.343 e. The molecule has 0 atom stereocenters. The monoisotopic (exact) mass is 259 g/mol. The van der Waals surface area contributed by atoms with E-state index in [0.29, 0.717) is 0 Å². The van der Waals surface area contributed by atoms with E-state index in [-0.39, 0.29) is 0 Å². The van der Waals surface area contributed by atoms with Crippen LogP contribution in [-0.4, -0.2) is 14.5 Å². The summed E-state index contributed by atoms with van der Waals surface area (Å²) in [7, 11) is 0. The Balaban J connectivity index is 2.16. The molecule has 2 heterocycles. The maximum Gasteiger partial charge on any atom is 0.0924 e. The second-order valence-electron chi connectivity index (χ2n) is 4.77. The zero-order valence-electron chi connectivity index (χ0n) is 10.9. The lowest BCUT2D eigenvalue weighted by Crippen LogP contribution is -1.89. The Labute approximate surface area is 116 Å². The molecule has 2 aromatic heterocycles. The average molecular weight is 259 g/mol. The molecule has 4 rings (SSSR count). The standard InChI is InChI=1S/C17H13N3/c1-2-20-16-8-7-12-5-3-4-6-13(12)14(16)9-17(20)15-10-18-11-19-15/h2-11H,1H2,(H,18,19). The van der Waals surface area contributed by atoms with Gasteiger partial charge in [-0.2, -0.15) is 0 Å². The van der Waals surface area contributed by atoms with Crippen LogP contribution in [0.3, 0.4) is 0 Å². The van der Waals surface area contributed by atoms with Crippen LogP contribution in [0.1, 0.15) is 0 Å². The summed E-state index contributed by atoms with van der Waals surface area (Å²) in [5.74, 6) is 0. The van der Waals surface area contributed by atoms with Gasteiger partial charge in [-0.1, -0.05) is 36.9 Å². The highest BCUT2D eigenvalue weighted by Gasteiger charge is 2.11. The first-order valence-electron chi connectivity index (χ1n) is 6.52. The maximum absolute atomic E-state index is 4.10. The Morgan fingerprint density at radius 2 is 2.00 bits per heavy atom. The molecule has 1 N–H and O–H groups in total. The van der Waals surface area contributed by atoms with Crippen molar-refractivity contribution in [2.75, 3.05) is 0 Å². The van der Waals surface area contributed by atoms with E-state index in [1.54, 1.807) is 6.33 Å². The lowest BCUT2D eigenvalue weighted by Gasteiger charge is -2.03. The van der Waals surface area contributed by atoms with Gasteiger partial charge < -0.3 is 9.55 Å². The minimum atomic E-state index is 0.991. The van der Waals surface area contributed by atoms with E-state index < -0.39 is 0 Å². The summed E-state index contributed by atoms with van der Waals surface area (Å²) < 4.78 is 2.09. The Hall–Kier alpha value is -2.81. The molecule has 0 radical (unpaired) electrons. The summed E-state index contributed by atoms with van der Waals surface area (Å²) in [6.45, 7) is 3.93. The number of nitrogens with zero attached hydrogens (tertiary/aromatic N) is 2. The number of H-pyrrole nitrogens is 1. The van der Waals surface area contributed by atoms with E-state index >= 15 is 0 Å². The second-order valence-corrected chi connectivity index (χ2v) is 4.77. The predicted octanol–water partition coefficient (Wildman–Crippen LogP) is 4.29. The normalized spacial score (nSPS) is 11.2. The number of fused-ring (bicyclic) bond motifs is 3. The van der Waals surface area contributed by atoms with E-state index in [4.69, 9.17) is 0 Å². The molecule has 20 heavy (non-hydrogen) atoms. The molecule has 0 saturated heterocycles. The molecule has 0 aliphatic rings. The third-order valence-corrected chi connectivity index (χ3v) is 3.70. The fraction of sp³-hybridized carbons (Fsp3) is 0. The van der Waals surface area contributed by atoms with Crippen LogP contribution in [-0.2, 0) is 0 Å². The first-order valence-corrected chi connectivity index (χ1v) is 6.52. The van der Waals surface area contributed by atoms with E-state index in [1.165, 1.54) is 16.2 Å². The third kappa shape index (κ3) is 1.43. The Kier molecular flexibility index (Phi) is 2.27. The van der Waals surface area contributed by atoms with Gasteiger partial charge in [0.2, 0.25) is 0 Å². The minimum absolute atomic E-state index is 0.991. The van der Waals surface area contributed by atoms with Crippen molar-refractivity contribution in [3.8, 4) is 11.4 Å². The SMILES string of the molecule is C=Cn1c(-c2cnc[nH]2)cc2c3ccccc3ccc21. The quantitative estimate of drug-likeness (QED) is 0.572. The molecule has 0 fully saturated rings. The van der Waals surface area contributed by atoms with Crippen molar-refractivity contribution in [1.82, 2.24) is 14.5 Å². The summed E-state index contributed by atoms with van der Waals surface area (Å²) in [5, 5.41) is 3.73. The third-order valence-electron chi connectivity index (χ3n) is 3.70. The molecular weight excluding hydrogens is 246 g/mol. The smallest absolute Gasteiger partial charge is 0.0924 e. The van der Waals surface area contributed by atoms with Crippen LogP contribution in [0.15, 0.2) is 61.6 Å². The van der Waals surface area contributed by atoms with Gasteiger partial charge in [0.25, 0.3) is 0 Å². The van der Waals surface area contributed by atoms with Gasteiger partial charge in [-0.15, -0.1) is 0 Å². The second kappa shape index (κ2) is 4.10. The molecule has 0 bridgehead atoms. The van der Waals surface area contributed by atoms with E-state index in [1.807, 2.05) is 12.4 Å². The van der Waals surface area contributed by atoms with Crippen molar-refractivity contribution in [1.29, 1.82) is 0 Å². The summed E-state index contributed by atoms with van der Waals surface area (Å²) in [5.41, 5.74) is 3.22. The highest BCUT2D eigenvalue weighted by molar-refractivity contribution is 6.09. The van der Waals surface area contributed by atoms with Gasteiger partial charge in [0.05, 0.1) is 29.4 Å². The molecular formula is C17H13N3. The van der Waals surface area contributed by atoms with Gasteiger partial charge >= 0.3 is 0 Å². The molecule has 0 aliphatic carbocycles. The highest BCUT2D eigenvalue weighted by Crippen LogP contribution is 2.32. The molecule has 2 aromatic carbocycles. The fourth-order valence-electron chi connectivity index (χ4n) is 2.78. The molecule has 0 unspecified atom stereocenters. The van der Waals surface area contributed by atoms with Crippen LogP contribution < -0.4 is 0 Å². The molecule has 96 valence electrons. The lowest BCUT2D eigenvalue weighted by molar-refractivity contribution is 1.21. The highest BCUT2D eigenvalue weighted by atomic mass is 15.0. The molecule has 0 spiro atoms. The molecule has 4 aromatic rings. The van der Waals surface area contributed by atoms with Crippen LogP contribution in [0.25, 0.3) is 39.3 Å². The summed E-state index contributed by atoms with van der Waals surface area (Å²) >= 11 is 0. The Morgan fingerprint density at radius 3 is 2.80 bits per heavy atom. The molecule has 0 saturated carbocycles. The first kappa shape index (κ1) is 11.1. The fourth-order valence-corrected chi connectivity index (χ4v) is 2.78. The van der Waals surface area contributed by atoms with Crippen LogP contribution in [0.2, 0.25) is 0 Å². The summed E-state index contributed by atoms with van der Waals surface area (Å²) in [6, 6.07) is 14.9. The van der Waals surface area contributed by atoms with Crippen LogP contribution in [0.5, 0.6) is 0 Å². The number of hydrogen-bond acceptors (Lipinski definition) is 1. The number of aromatic nitrogens is 3. The molecule has 3 nitrogen and oxygen atoms in total. The van der Waals surface area contributed by atoms with Gasteiger partial charge in [0, 0.05) is 11.6 Å². The largest absolute Gasteiger partial charge is 0.343 e. The Bertz CT molecular complexity index is 914. The summed E-state index contributed by atoms with van der Waals surface area (Å²) in [4.78, 5) is 7.26. The van der Waals surface area contributed by atoms with Crippen molar-refractivity contribution in [2.45, 2.75) is 0 Å². The molecule has 3 heteroatoms. The number of rotatable bonds is 2. The average Bonchev–Trinajstić information content (AvgIpc) is 3.13. The van der Waals surface area contributed by atoms with Crippen molar-refractivity contribution < 1.29 is 0 Å². The van der Waals surface area contributed by atoms with Gasteiger partial charge in [0.15, 0.2) is 0 Å². The van der Waals surface area contributed by atoms with Crippen LogP contribution in [0.4, 0.5) is 0 Å². The number of hydrogen-bond donors (Lipinski definition) is 1. The molecule has 0 amide bonds. The van der Waals surface area contributed by atoms with Crippen LogP contribution >= 0.6 is 0 Å². The van der Waals surface area contributed by atoms with E-state index in [9.17, 15) is 0 Å². The van der Waals surface area contributed by atoms with Crippen molar-refractivity contribution in [2.24, 2.45) is 0 Å². The van der Waals surface area contributed by atoms with Crippen molar-refractivity contribution >= 4 is 27.9 Å². The topological polar surface area (TPSA) is 33.6 Å².